The van der Waals surface area contributed by atoms with Crippen molar-refractivity contribution in [1.82, 2.24) is 0 Å². The van der Waals surface area contributed by atoms with Gasteiger partial charge in [-0.2, -0.15) is 5.26 Å². The molecule has 2 rings (SSSR count). The molecule has 1 nitrogen and oxygen atoms in total. The van der Waals surface area contributed by atoms with Crippen LogP contribution in [0.3, 0.4) is 0 Å². The summed E-state index contributed by atoms with van der Waals surface area (Å²) in [7, 11) is 0. The van der Waals surface area contributed by atoms with Crippen molar-refractivity contribution in [3.05, 3.63) is 46.4 Å². The average Bonchev–Trinajstić information content (AvgIpc) is 2.65. The molecule has 0 atom stereocenters. The predicted molar refractivity (Wildman–Crippen MR) is 54.4 cm³/mol. The lowest BCUT2D eigenvalue weighted by Gasteiger charge is -1.98. The SMILES string of the molecule is N#Cc1sccc1-c1cccc(F)c1. The Morgan fingerprint density at radius 3 is 2.86 bits per heavy atom. The van der Waals surface area contributed by atoms with Crippen LogP contribution in [0.5, 0.6) is 0 Å². The van der Waals surface area contributed by atoms with E-state index in [1.165, 1.54) is 23.5 Å². The van der Waals surface area contributed by atoms with Crippen molar-refractivity contribution in [2.45, 2.75) is 0 Å². The first-order valence-electron chi connectivity index (χ1n) is 4.05. The van der Waals surface area contributed by atoms with Crippen LogP contribution in [-0.2, 0) is 0 Å². The molecule has 0 aliphatic rings. The van der Waals surface area contributed by atoms with E-state index >= 15 is 0 Å². The van der Waals surface area contributed by atoms with E-state index in [1.54, 1.807) is 12.1 Å². The molecule has 0 aliphatic heterocycles. The summed E-state index contributed by atoms with van der Waals surface area (Å²) in [6, 6.07) is 10.2. The molecule has 68 valence electrons. The van der Waals surface area contributed by atoms with Gasteiger partial charge in [-0.3, -0.25) is 0 Å². The zero-order chi connectivity index (χ0) is 9.97. The van der Waals surface area contributed by atoms with E-state index < -0.39 is 0 Å². The summed E-state index contributed by atoms with van der Waals surface area (Å²) >= 11 is 1.37. The van der Waals surface area contributed by atoms with Crippen LogP contribution in [0.2, 0.25) is 0 Å². The molecule has 1 heterocycles. The highest BCUT2D eigenvalue weighted by molar-refractivity contribution is 7.11. The summed E-state index contributed by atoms with van der Waals surface area (Å²) in [5, 5.41) is 10.6. The third-order valence-corrected chi connectivity index (χ3v) is 2.72. The lowest BCUT2D eigenvalue weighted by Crippen LogP contribution is -1.79. The fraction of sp³-hybridized carbons (Fsp3) is 0. The number of nitrogens with zero attached hydrogens (tertiary/aromatic N) is 1. The van der Waals surface area contributed by atoms with E-state index in [9.17, 15) is 4.39 Å². The Morgan fingerprint density at radius 1 is 1.29 bits per heavy atom. The fourth-order valence-corrected chi connectivity index (χ4v) is 1.98. The molecule has 0 radical (unpaired) electrons. The van der Waals surface area contributed by atoms with Crippen molar-refractivity contribution in [1.29, 1.82) is 5.26 Å². The van der Waals surface area contributed by atoms with Gasteiger partial charge in [0.2, 0.25) is 0 Å². The Bertz CT molecular complexity index is 496. The normalized spacial score (nSPS) is 9.71. The highest BCUT2D eigenvalue weighted by Gasteiger charge is 2.06. The second kappa shape index (κ2) is 3.60. The summed E-state index contributed by atoms with van der Waals surface area (Å²) in [4.78, 5) is 0.621. The Balaban J connectivity index is 2.56. The number of hydrogen-bond donors (Lipinski definition) is 0. The molecule has 0 aliphatic carbocycles. The van der Waals surface area contributed by atoms with Gasteiger partial charge < -0.3 is 0 Å². The molecule has 0 saturated heterocycles. The topological polar surface area (TPSA) is 23.8 Å². The minimum Gasteiger partial charge on any atom is -0.207 e. The fourth-order valence-electron chi connectivity index (χ4n) is 1.28. The smallest absolute Gasteiger partial charge is 0.123 e. The summed E-state index contributed by atoms with van der Waals surface area (Å²) in [6.45, 7) is 0. The van der Waals surface area contributed by atoms with Crippen LogP contribution in [0.1, 0.15) is 4.88 Å². The second-order valence-corrected chi connectivity index (χ2v) is 3.70. The Morgan fingerprint density at radius 2 is 2.14 bits per heavy atom. The summed E-state index contributed by atoms with van der Waals surface area (Å²) in [5.74, 6) is -0.280. The standard InChI is InChI=1S/C11H6FNS/c12-9-3-1-2-8(6-9)10-4-5-14-11(10)7-13/h1-6H. The molecule has 0 N–H and O–H groups in total. The molecule has 0 bridgehead atoms. The number of benzene rings is 1. The predicted octanol–water partition coefficient (Wildman–Crippen LogP) is 3.43. The van der Waals surface area contributed by atoms with Gasteiger partial charge in [-0.05, 0) is 29.1 Å². The van der Waals surface area contributed by atoms with Crippen LogP contribution in [0.4, 0.5) is 4.39 Å². The van der Waals surface area contributed by atoms with Crippen molar-refractivity contribution in [2.24, 2.45) is 0 Å². The van der Waals surface area contributed by atoms with E-state index in [1.807, 2.05) is 11.4 Å². The monoisotopic (exact) mass is 203 g/mol. The molecule has 2 aromatic rings. The highest BCUT2D eigenvalue weighted by Crippen LogP contribution is 2.27. The van der Waals surface area contributed by atoms with Gasteiger partial charge in [-0.25, -0.2) is 4.39 Å². The van der Waals surface area contributed by atoms with Crippen molar-refractivity contribution in [2.75, 3.05) is 0 Å². The number of hydrogen-bond acceptors (Lipinski definition) is 2. The lowest BCUT2D eigenvalue weighted by molar-refractivity contribution is 0.628. The number of rotatable bonds is 1. The molecule has 0 fully saturated rings. The van der Waals surface area contributed by atoms with Crippen LogP contribution in [0.25, 0.3) is 11.1 Å². The Labute approximate surface area is 85.1 Å². The molecule has 1 aromatic carbocycles. The van der Waals surface area contributed by atoms with Gasteiger partial charge in [-0.1, -0.05) is 12.1 Å². The van der Waals surface area contributed by atoms with Crippen LogP contribution >= 0.6 is 11.3 Å². The van der Waals surface area contributed by atoms with Gasteiger partial charge >= 0.3 is 0 Å². The van der Waals surface area contributed by atoms with Crippen LogP contribution in [0, 0.1) is 17.1 Å². The first-order valence-corrected chi connectivity index (χ1v) is 4.93. The third-order valence-electron chi connectivity index (χ3n) is 1.90. The molecule has 1 aromatic heterocycles. The molecule has 3 heteroatoms. The Hall–Kier alpha value is -1.66. The van der Waals surface area contributed by atoms with Crippen LogP contribution in [0.15, 0.2) is 35.7 Å². The maximum Gasteiger partial charge on any atom is 0.123 e. The van der Waals surface area contributed by atoms with E-state index in [0.29, 0.717) is 4.88 Å². The maximum atomic E-state index is 12.9. The molecule has 0 unspecified atom stereocenters. The van der Waals surface area contributed by atoms with E-state index in [4.69, 9.17) is 5.26 Å². The van der Waals surface area contributed by atoms with E-state index in [-0.39, 0.29) is 5.82 Å². The Kier molecular flexibility index (Phi) is 2.30. The third kappa shape index (κ3) is 1.52. The average molecular weight is 203 g/mol. The van der Waals surface area contributed by atoms with E-state index in [0.717, 1.165) is 11.1 Å². The summed E-state index contributed by atoms with van der Waals surface area (Å²) < 4.78 is 12.9. The first-order chi connectivity index (χ1) is 6.81. The van der Waals surface area contributed by atoms with Crippen LogP contribution < -0.4 is 0 Å². The molecular weight excluding hydrogens is 197 g/mol. The van der Waals surface area contributed by atoms with Crippen molar-refractivity contribution in [3.63, 3.8) is 0 Å². The van der Waals surface area contributed by atoms with Gasteiger partial charge in [0.05, 0.1) is 0 Å². The maximum absolute atomic E-state index is 12.9. The molecule has 14 heavy (non-hydrogen) atoms. The molecule has 0 spiro atoms. The molecule has 0 amide bonds. The first kappa shape index (κ1) is 8.92. The van der Waals surface area contributed by atoms with Crippen molar-refractivity contribution in [3.8, 4) is 17.2 Å². The number of thiophene rings is 1. The minimum absolute atomic E-state index is 0.280. The molecular formula is C11H6FNS. The van der Waals surface area contributed by atoms with Crippen molar-refractivity contribution >= 4 is 11.3 Å². The minimum atomic E-state index is -0.280. The zero-order valence-electron chi connectivity index (χ0n) is 7.20. The lowest BCUT2D eigenvalue weighted by atomic mass is 10.1. The van der Waals surface area contributed by atoms with Gasteiger partial charge in [0.25, 0.3) is 0 Å². The zero-order valence-corrected chi connectivity index (χ0v) is 8.01. The quantitative estimate of drug-likeness (QED) is 0.696. The second-order valence-electron chi connectivity index (χ2n) is 2.79. The van der Waals surface area contributed by atoms with Gasteiger partial charge in [0.1, 0.15) is 16.8 Å². The summed E-state index contributed by atoms with van der Waals surface area (Å²) in [5.41, 5.74) is 1.56. The summed E-state index contributed by atoms with van der Waals surface area (Å²) in [6.07, 6.45) is 0. The van der Waals surface area contributed by atoms with Gasteiger partial charge in [0, 0.05) is 5.56 Å². The highest BCUT2D eigenvalue weighted by atomic mass is 32.1. The van der Waals surface area contributed by atoms with Gasteiger partial charge in [-0.15, -0.1) is 11.3 Å². The largest absolute Gasteiger partial charge is 0.207 e. The van der Waals surface area contributed by atoms with E-state index in [2.05, 4.69) is 6.07 Å². The molecule has 0 saturated carbocycles. The van der Waals surface area contributed by atoms with Crippen molar-refractivity contribution < 1.29 is 4.39 Å². The van der Waals surface area contributed by atoms with Gasteiger partial charge in [0.15, 0.2) is 0 Å². The van der Waals surface area contributed by atoms with Crippen LogP contribution in [-0.4, -0.2) is 0 Å². The number of nitriles is 1. The number of halogens is 1.